The Bertz CT molecular complexity index is 1070. The van der Waals surface area contributed by atoms with Crippen LogP contribution in [-0.2, 0) is 6.18 Å². The molecule has 0 bridgehead atoms. The van der Waals surface area contributed by atoms with Crippen LogP contribution in [0.1, 0.15) is 29.3 Å². The second-order valence-electron chi connectivity index (χ2n) is 6.26. The van der Waals surface area contributed by atoms with Gasteiger partial charge in [-0.3, -0.25) is 0 Å². The molecule has 0 radical (unpaired) electrons. The molecule has 2 unspecified atom stereocenters. The number of hydrogen-bond donors (Lipinski definition) is 3. The summed E-state index contributed by atoms with van der Waals surface area (Å²) < 4.78 is 77.0. The van der Waals surface area contributed by atoms with Crippen molar-refractivity contribution in [2.75, 3.05) is 6.61 Å². The molecule has 166 valence electrons. The lowest BCUT2D eigenvalue weighted by Crippen LogP contribution is -2.17. The predicted molar refractivity (Wildman–Crippen MR) is 101 cm³/mol. The number of nitrogens with zero attached hydrogens (tertiary/aromatic N) is 1. The number of benzene rings is 2. The van der Waals surface area contributed by atoms with Crippen molar-refractivity contribution >= 4 is 15.9 Å². The summed E-state index contributed by atoms with van der Waals surface area (Å²) in [6, 6.07) is 5.83. The molecule has 2 atom stereocenters. The average Bonchev–Trinajstić information content (AvgIpc) is 3.08. The van der Waals surface area contributed by atoms with Gasteiger partial charge in [0.25, 0.3) is 0 Å². The van der Waals surface area contributed by atoms with E-state index in [4.69, 9.17) is 14.9 Å². The van der Waals surface area contributed by atoms with Crippen molar-refractivity contribution in [3.05, 3.63) is 69.7 Å². The van der Waals surface area contributed by atoms with Gasteiger partial charge in [-0.1, -0.05) is 12.1 Å². The van der Waals surface area contributed by atoms with Crippen molar-refractivity contribution in [2.45, 2.75) is 18.5 Å². The van der Waals surface area contributed by atoms with E-state index in [1.807, 2.05) is 0 Å². The number of alkyl halides is 3. The summed E-state index contributed by atoms with van der Waals surface area (Å²) in [6.45, 7) is -0.739. The number of aliphatic hydroxyl groups is 2. The third kappa shape index (κ3) is 4.87. The van der Waals surface area contributed by atoms with Crippen LogP contribution in [0.15, 0.2) is 45.5 Å². The highest BCUT2D eigenvalue weighted by Gasteiger charge is 2.31. The number of ether oxygens (including phenoxy) is 1. The lowest BCUT2D eigenvalue weighted by molar-refractivity contribution is -0.137. The van der Waals surface area contributed by atoms with Crippen LogP contribution < -0.4 is 10.5 Å². The minimum absolute atomic E-state index is 0.0296. The van der Waals surface area contributed by atoms with E-state index >= 15 is 0 Å². The van der Waals surface area contributed by atoms with E-state index in [1.165, 1.54) is 12.1 Å². The smallest absolute Gasteiger partial charge is 0.416 e. The number of nitrogens with two attached hydrogens (primary N) is 1. The lowest BCUT2D eigenvalue weighted by atomic mass is 10.1. The van der Waals surface area contributed by atoms with E-state index in [0.29, 0.717) is 0 Å². The van der Waals surface area contributed by atoms with Crippen LogP contribution >= 0.6 is 15.9 Å². The van der Waals surface area contributed by atoms with E-state index in [1.54, 1.807) is 0 Å². The van der Waals surface area contributed by atoms with Crippen molar-refractivity contribution < 1.29 is 41.3 Å². The highest BCUT2D eigenvalue weighted by molar-refractivity contribution is 9.10. The summed E-state index contributed by atoms with van der Waals surface area (Å²) in [7, 11) is 0. The number of aromatic nitrogens is 1. The van der Waals surface area contributed by atoms with Gasteiger partial charge in [0.05, 0.1) is 17.7 Å². The third-order valence-corrected chi connectivity index (χ3v) is 4.72. The zero-order chi connectivity index (χ0) is 22.9. The minimum atomic E-state index is -4.50. The normalized spacial score (nSPS) is 13.8. The minimum Gasteiger partial charge on any atom is -0.475 e. The molecule has 2 aromatic carbocycles. The van der Waals surface area contributed by atoms with Gasteiger partial charge in [-0.05, 0) is 40.2 Å². The van der Waals surface area contributed by atoms with Gasteiger partial charge in [-0.2, -0.15) is 13.2 Å². The Balaban J connectivity index is 1.90. The van der Waals surface area contributed by atoms with Crippen LogP contribution in [-0.4, -0.2) is 21.8 Å². The predicted octanol–water partition coefficient (Wildman–Crippen LogP) is 4.46. The van der Waals surface area contributed by atoms with Crippen molar-refractivity contribution in [1.29, 1.82) is 0 Å². The highest BCUT2D eigenvalue weighted by Crippen LogP contribution is 2.36. The zero-order valence-corrected chi connectivity index (χ0v) is 16.9. The summed E-state index contributed by atoms with van der Waals surface area (Å²) in [5.74, 6) is -3.14. The second kappa shape index (κ2) is 8.91. The molecule has 0 spiro atoms. The molecule has 12 heteroatoms. The molecular formula is C19H14BrF5N2O4. The van der Waals surface area contributed by atoms with Crippen LogP contribution in [0.25, 0.3) is 11.3 Å². The lowest BCUT2D eigenvalue weighted by Gasteiger charge is -2.16. The largest absolute Gasteiger partial charge is 0.475 e. The van der Waals surface area contributed by atoms with Crippen molar-refractivity contribution in [3.63, 3.8) is 0 Å². The summed E-state index contributed by atoms with van der Waals surface area (Å²) in [5.41, 5.74) is 3.86. The quantitative estimate of drug-likeness (QED) is 0.335. The van der Waals surface area contributed by atoms with Gasteiger partial charge in [-0.15, -0.1) is 0 Å². The monoisotopic (exact) mass is 508 g/mol. The molecule has 0 aliphatic heterocycles. The summed E-state index contributed by atoms with van der Waals surface area (Å²) >= 11 is 3.09. The molecule has 1 aromatic heterocycles. The van der Waals surface area contributed by atoms with Gasteiger partial charge >= 0.3 is 6.18 Å². The molecule has 4 N–H and O–H groups in total. The second-order valence-corrected chi connectivity index (χ2v) is 6.98. The molecule has 3 rings (SSSR count). The topological polar surface area (TPSA) is 102 Å². The molecular weight excluding hydrogens is 495 g/mol. The highest BCUT2D eigenvalue weighted by atomic mass is 79.9. The number of halogens is 6. The first-order valence-electron chi connectivity index (χ1n) is 8.55. The Labute approximate surface area is 180 Å². The number of oxazole rings is 1. The zero-order valence-electron chi connectivity index (χ0n) is 15.3. The first-order valence-corrected chi connectivity index (χ1v) is 9.35. The average molecular weight is 509 g/mol. The van der Waals surface area contributed by atoms with E-state index in [0.717, 1.165) is 24.3 Å². The Morgan fingerprint density at radius 1 is 1.13 bits per heavy atom. The number of aliphatic hydroxyl groups excluding tert-OH is 2. The van der Waals surface area contributed by atoms with Crippen LogP contribution in [0.4, 0.5) is 22.0 Å². The van der Waals surface area contributed by atoms with Gasteiger partial charge in [0.2, 0.25) is 5.89 Å². The summed E-state index contributed by atoms with van der Waals surface area (Å²) in [5, 5.41) is 19.0. The van der Waals surface area contributed by atoms with E-state index in [2.05, 4.69) is 20.9 Å². The Morgan fingerprint density at radius 2 is 1.77 bits per heavy atom. The van der Waals surface area contributed by atoms with Crippen LogP contribution in [0.3, 0.4) is 0 Å². The van der Waals surface area contributed by atoms with Gasteiger partial charge in [0, 0.05) is 5.56 Å². The fourth-order valence-electron chi connectivity index (χ4n) is 2.68. The maximum absolute atomic E-state index is 14.4. The third-order valence-electron chi connectivity index (χ3n) is 4.19. The first-order chi connectivity index (χ1) is 14.5. The Morgan fingerprint density at radius 3 is 2.32 bits per heavy atom. The fraction of sp³-hybridized carbons (Fsp3) is 0.211. The molecule has 0 saturated heterocycles. The van der Waals surface area contributed by atoms with Gasteiger partial charge in [-0.25, -0.2) is 13.8 Å². The number of rotatable bonds is 6. The Hall–Kier alpha value is -2.54. The number of hydrogen-bond acceptors (Lipinski definition) is 6. The van der Waals surface area contributed by atoms with E-state index < -0.39 is 53.6 Å². The SMILES string of the molecule is NC(O)c1c(F)ccc(OC(CO)c2nc(-c3ccc(C(F)(F)F)cc3)c(Br)o2)c1F. The van der Waals surface area contributed by atoms with Crippen molar-refractivity contribution in [3.8, 4) is 17.0 Å². The molecule has 0 aliphatic carbocycles. The maximum Gasteiger partial charge on any atom is 0.416 e. The molecule has 6 nitrogen and oxygen atoms in total. The van der Waals surface area contributed by atoms with Crippen molar-refractivity contribution in [1.82, 2.24) is 4.98 Å². The van der Waals surface area contributed by atoms with Gasteiger partial charge in [0.15, 0.2) is 22.3 Å². The molecule has 0 saturated carbocycles. The molecule has 0 aliphatic rings. The molecule has 31 heavy (non-hydrogen) atoms. The van der Waals surface area contributed by atoms with Crippen LogP contribution in [0.5, 0.6) is 5.75 Å². The molecule has 1 heterocycles. The molecule has 3 aromatic rings. The first kappa shape index (κ1) is 23.1. The molecule has 0 fully saturated rings. The van der Waals surface area contributed by atoms with E-state index in [-0.39, 0.29) is 21.8 Å². The van der Waals surface area contributed by atoms with Gasteiger partial charge in [0.1, 0.15) is 17.7 Å². The fourth-order valence-corrected chi connectivity index (χ4v) is 3.16. The van der Waals surface area contributed by atoms with Crippen LogP contribution in [0, 0.1) is 11.6 Å². The standard InChI is InChI=1S/C19H14BrF5N2O4/c20-16-15(8-1-3-9(4-2-8)19(23,24)25)27-18(31-16)12(7-28)30-11-6-5-10(21)13(14(11)22)17(26)29/h1-6,12,17,28-29H,7,26H2. The Kier molecular flexibility index (Phi) is 6.65. The van der Waals surface area contributed by atoms with Gasteiger partial charge < -0.3 is 25.1 Å². The van der Waals surface area contributed by atoms with E-state index in [9.17, 15) is 32.2 Å². The van der Waals surface area contributed by atoms with Crippen LogP contribution in [0.2, 0.25) is 0 Å². The summed E-state index contributed by atoms with van der Waals surface area (Å²) in [4.78, 5) is 4.09. The summed E-state index contributed by atoms with van der Waals surface area (Å²) in [6.07, 6.45) is -7.81. The molecule has 0 amide bonds. The maximum atomic E-state index is 14.4. The van der Waals surface area contributed by atoms with Crippen molar-refractivity contribution in [2.24, 2.45) is 5.73 Å².